The zero-order valence-electron chi connectivity index (χ0n) is 21.6. The zero-order valence-corrected chi connectivity index (χ0v) is 22.4. The number of allylic oxidation sites excluding steroid dienone is 1. The van der Waals surface area contributed by atoms with E-state index in [-0.39, 0.29) is 29.0 Å². The normalized spacial score (nSPS) is 51.4. The number of fused-ring (bicyclic) bond motifs is 1. The molecule has 1 N–H and O–H groups in total. The van der Waals surface area contributed by atoms with Crippen LogP contribution in [0.3, 0.4) is 0 Å². The van der Waals surface area contributed by atoms with E-state index >= 15 is 0 Å². The maximum Gasteiger partial charge on any atom is 0.213 e. The van der Waals surface area contributed by atoms with Crippen LogP contribution in [0.15, 0.2) is 23.5 Å². The SMILES string of the molecule is C=C1C(=O)[C@@]23C4OC(C)(C)OC25OC[C@]2(C6=C(CC[C@H](OCCCl)O6)CC(C)(C)[C@H]2[C@@H]5O)[C@@H]3CC[C@@H]14. The number of halogens is 1. The van der Waals surface area contributed by atoms with Gasteiger partial charge in [-0.2, -0.15) is 0 Å². The molecule has 4 aliphatic carbocycles. The van der Waals surface area contributed by atoms with Gasteiger partial charge in [-0.05, 0) is 62.0 Å². The third-order valence-electron chi connectivity index (χ3n) is 10.6. The van der Waals surface area contributed by atoms with Crippen LogP contribution in [0, 0.1) is 34.0 Å². The largest absolute Gasteiger partial charge is 0.469 e. The van der Waals surface area contributed by atoms with Gasteiger partial charge in [0.1, 0.15) is 17.3 Å². The van der Waals surface area contributed by atoms with Gasteiger partial charge in [-0.3, -0.25) is 4.79 Å². The van der Waals surface area contributed by atoms with Gasteiger partial charge in [0, 0.05) is 24.1 Å². The molecule has 0 radical (unpaired) electrons. The Hall–Kier alpha value is -0.960. The topological polar surface area (TPSA) is 83.5 Å². The second-order valence-corrected chi connectivity index (χ2v) is 13.5. The van der Waals surface area contributed by atoms with E-state index in [1.54, 1.807) is 0 Å². The van der Waals surface area contributed by atoms with E-state index in [4.69, 9.17) is 35.3 Å². The molecule has 36 heavy (non-hydrogen) atoms. The summed E-state index contributed by atoms with van der Waals surface area (Å²) in [7, 11) is 0. The minimum atomic E-state index is -1.48. The van der Waals surface area contributed by atoms with Crippen molar-refractivity contribution in [2.75, 3.05) is 19.1 Å². The first kappa shape index (κ1) is 24.1. The van der Waals surface area contributed by atoms with Crippen molar-refractivity contribution in [3.05, 3.63) is 23.5 Å². The number of Topliss-reactive ketones (excluding diaryl/α,β-unsaturated/α-hetero) is 1. The molecule has 8 aliphatic rings. The predicted molar refractivity (Wildman–Crippen MR) is 130 cm³/mol. The number of alkyl halides is 1. The first-order chi connectivity index (χ1) is 17.0. The van der Waals surface area contributed by atoms with Crippen molar-refractivity contribution in [2.45, 2.75) is 89.9 Å². The number of aliphatic hydroxyl groups is 1. The molecule has 4 bridgehead atoms. The lowest BCUT2D eigenvalue weighted by Gasteiger charge is -2.77. The highest BCUT2D eigenvalue weighted by molar-refractivity contribution is 6.17. The number of aliphatic hydroxyl groups excluding tert-OH is 1. The monoisotopic (exact) mass is 520 g/mol. The summed E-state index contributed by atoms with van der Waals surface area (Å²) in [6, 6.07) is 0. The molecular formula is C28H37ClO7. The van der Waals surface area contributed by atoms with Crippen LogP contribution in [0.5, 0.6) is 0 Å². The van der Waals surface area contributed by atoms with Crippen molar-refractivity contribution in [2.24, 2.45) is 34.0 Å². The molecule has 3 saturated heterocycles. The van der Waals surface area contributed by atoms with Crippen molar-refractivity contribution in [1.82, 2.24) is 0 Å². The second kappa shape index (κ2) is 7.16. The van der Waals surface area contributed by atoms with Crippen LogP contribution in [-0.2, 0) is 28.5 Å². The molecule has 7 nitrogen and oxygen atoms in total. The molecule has 3 saturated carbocycles. The maximum atomic E-state index is 14.3. The average Bonchev–Trinajstić information content (AvgIpc) is 2.93. The molecule has 4 heterocycles. The molecule has 0 aromatic heterocycles. The summed E-state index contributed by atoms with van der Waals surface area (Å²) in [5, 5.41) is 12.4. The number of hydrogen-bond acceptors (Lipinski definition) is 7. The van der Waals surface area contributed by atoms with E-state index in [1.165, 1.54) is 5.57 Å². The Balaban J connectivity index is 1.47. The van der Waals surface area contributed by atoms with E-state index < -0.39 is 40.9 Å². The Morgan fingerprint density at radius 1 is 1.19 bits per heavy atom. The second-order valence-electron chi connectivity index (χ2n) is 13.2. The summed E-state index contributed by atoms with van der Waals surface area (Å²) in [5.74, 6) is -1.77. The number of rotatable bonds is 3. The molecule has 0 aromatic carbocycles. The third-order valence-corrected chi connectivity index (χ3v) is 10.8. The van der Waals surface area contributed by atoms with Crippen LogP contribution < -0.4 is 0 Å². The van der Waals surface area contributed by atoms with Gasteiger partial charge in [-0.15, -0.1) is 11.6 Å². The molecule has 8 heteroatoms. The molecular weight excluding hydrogens is 484 g/mol. The fourth-order valence-corrected chi connectivity index (χ4v) is 10.0. The Kier molecular flexibility index (Phi) is 4.79. The van der Waals surface area contributed by atoms with Gasteiger partial charge >= 0.3 is 0 Å². The number of carbonyl (C=O) groups excluding carboxylic acids is 1. The fraction of sp³-hybridized carbons (Fsp3) is 0.821. The first-order valence-corrected chi connectivity index (χ1v) is 14.0. The number of ether oxygens (including phenoxy) is 5. The minimum absolute atomic E-state index is 0.0663. The summed E-state index contributed by atoms with van der Waals surface area (Å²) in [6.45, 7) is 13.1. The van der Waals surface area contributed by atoms with Crippen molar-refractivity contribution in [1.29, 1.82) is 0 Å². The van der Waals surface area contributed by atoms with E-state index in [2.05, 4.69) is 20.4 Å². The molecule has 198 valence electrons. The molecule has 4 aliphatic heterocycles. The smallest absolute Gasteiger partial charge is 0.213 e. The highest BCUT2D eigenvalue weighted by Gasteiger charge is 2.90. The number of carbonyl (C=O) groups is 1. The lowest BCUT2D eigenvalue weighted by atomic mass is 9.36. The Bertz CT molecular complexity index is 1080. The maximum absolute atomic E-state index is 14.3. The number of ketones is 1. The van der Waals surface area contributed by atoms with Crippen molar-refractivity contribution < 1.29 is 33.6 Å². The van der Waals surface area contributed by atoms with Crippen LogP contribution in [0.4, 0.5) is 0 Å². The first-order valence-electron chi connectivity index (χ1n) is 13.5. The van der Waals surface area contributed by atoms with Crippen LogP contribution in [-0.4, -0.2) is 60.1 Å². The Morgan fingerprint density at radius 3 is 2.72 bits per heavy atom. The van der Waals surface area contributed by atoms with Gasteiger partial charge in [0.2, 0.25) is 5.79 Å². The van der Waals surface area contributed by atoms with Gasteiger partial charge in [0.25, 0.3) is 0 Å². The predicted octanol–water partition coefficient (Wildman–Crippen LogP) is 4.07. The van der Waals surface area contributed by atoms with Crippen LogP contribution in [0.25, 0.3) is 0 Å². The molecule has 6 fully saturated rings. The van der Waals surface area contributed by atoms with E-state index in [0.717, 1.165) is 37.9 Å². The van der Waals surface area contributed by atoms with Crippen LogP contribution >= 0.6 is 11.6 Å². The van der Waals surface area contributed by atoms with Crippen LogP contribution in [0.1, 0.15) is 59.8 Å². The summed E-state index contributed by atoms with van der Waals surface area (Å²) >= 11 is 5.91. The summed E-state index contributed by atoms with van der Waals surface area (Å²) in [4.78, 5) is 14.3. The van der Waals surface area contributed by atoms with Crippen molar-refractivity contribution >= 4 is 17.4 Å². The lowest BCUT2D eigenvalue weighted by Crippen LogP contribution is -2.87. The van der Waals surface area contributed by atoms with E-state index in [0.29, 0.717) is 24.7 Å². The average molecular weight is 521 g/mol. The van der Waals surface area contributed by atoms with Gasteiger partial charge in [-0.25, -0.2) is 0 Å². The summed E-state index contributed by atoms with van der Waals surface area (Å²) in [5.41, 5.74) is -0.254. The molecule has 2 unspecified atom stereocenters. The zero-order chi connectivity index (χ0) is 25.5. The third kappa shape index (κ3) is 2.48. The molecule has 8 rings (SSSR count). The highest BCUT2D eigenvalue weighted by atomic mass is 35.5. The highest BCUT2D eigenvalue weighted by Crippen LogP contribution is 2.80. The Labute approximate surface area is 217 Å². The van der Waals surface area contributed by atoms with E-state index in [9.17, 15) is 9.90 Å². The van der Waals surface area contributed by atoms with Gasteiger partial charge in [0.15, 0.2) is 17.9 Å². The van der Waals surface area contributed by atoms with Gasteiger partial charge < -0.3 is 28.8 Å². The fourth-order valence-electron chi connectivity index (χ4n) is 9.94. The quantitative estimate of drug-likeness (QED) is 0.443. The van der Waals surface area contributed by atoms with Crippen molar-refractivity contribution in [3.8, 4) is 0 Å². The Morgan fingerprint density at radius 2 is 1.97 bits per heavy atom. The van der Waals surface area contributed by atoms with E-state index in [1.807, 2.05) is 13.8 Å². The summed E-state index contributed by atoms with van der Waals surface area (Å²) in [6.07, 6.45) is 2.17. The molecule has 0 aromatic rings. The molecule has 9 atom stereocenters. The lowest BCUT2D eigenvalue weighted by molar-refractivity contribution is -0.527. The summed E-state index contributed by atoms with van der Waals surface area (Å²) < 4.78 is 32.6. The minimum Gasteiger partial charge on any atom is -0.469 e. The van der Waals surface area contributed by atoms with Crippen LogP contribution in [0.2, 0.25) is 0 Å². The van der Waals surface area contributed by atoms with Gasteiger partial charge in [-0.1, -0.05) is 20.4 Å². The molecule has 0 amide bonds. The van der Waals surface area contributed by atoms with Crippen molar-refractivity contribution in [3.63, 3.8) is 0 Å². The standard InChI is InChI=1S/C28H37ClO7/c1-14-16-7-8-17-26-13-33-28(27(17,20(14)30)23(16)35-25(4,5)36-28)21(31)19(26)24(2,3)12-15-6-9-18(32-11-10-29)34-22(15)26/h16-19,21,23,31H,1,6-13H2,2-5H3/t16-,17-,18+,19+,21-,23?,26-,27-,28?/m0/s1. The van der Waals surface area contributed by atoms with Gasteiger partial charge in [0.05, 0.1) is 24.7 Å². The number of hydrogen-bond donors (Lipinski definition) is 1. The molecule has 3 spiro atoms.